The summed E-state index contributed by atoms with van der Waals surface area (Å²) >= 11 is 6.28. The molecule has 5 heteroatoms. The van der Waals surface area contributed by atoms with E-state index in [4.69, 9.17) is 16.3 Å². The summed E-state index contributed by atoms with van der Waals surface area (Å²) in [5.74, 6) is 0.149. The van der Waals surface area contributed by atoms with Crippen molar-refractivity contribution >= 4 is 17.5 Å². The number of hydrogen-bond donors (Lipinski definition) is 0. The number of ether oxygens (including phenoxy) is 1. The summed E-state index contributed by atoms with van der Waals surface area (Å²) in [7, 11) is 1.68. The van der Waals surface area contributed by atoms with Crippen molar-refractivity contribution in [3.63, 3.8) is 0 Å². The Morgan fingerprint density at radius 1 is 1.24 bits per heavy atom. The molecule has 0 N–H and O–H groups in total. The molecule has 0 aliphatic heterocycles. The standard InChI is InChI=1S/C20H27ClN2O2/c1-16(2)20(24)23(12-7-13-25-3)15-18-9-6-11-22(18)14-17-8-4-5-10-19(17)21/h4-6,8-11,16H,7,12-15H2,1-3H3. The number of rotatable bonds is 9. The number of carbonyl (C=O) groups is 1. The Morgan fingerprint density at radius 2 is 2.00 bits per heavy atom. The van der Waals surface area contributed by atoms with Crippen LogP contribution in [-0.2, 0) is 22.6 Å². The van der Waals surface area contributed by atoms with Gasteiger partial charge >= 0.3 is 0 Å². The topological polar surface area (TPSA) is 34.5 Å². The molecule has 136 valence electrons. The molecule has 1 aromatic heterocycles. The summed E-state index contributed by atoms with van der Waals surface area (Å²) in [6.07, 6.45) is 2.87. The van der Waals surface area contributed by atoms with Crippen LogP contribution in [0.2, 0.25) is 5.02 Å². The van der Waals surface area contributed by atoms with Crippen molar-refractivity contribution in [2.45, 2.75) is 33.4 Å². The molecule has 0 unspecified atom stereocenters. The fourth-order valence-corrected chi connectivity index (χ4v) is 2.98. The Bertz CT molecular complexity index is 682. The van der Waals surface area contributed by atoms with Gasteiger partial charge in [-0.15, -0.1) is 0 Å². The maximum absolute atomic E-state index is 12.5. The molecule has 0 atom stereocenters. The van der Waals surface area contributed by atoms with Crippen LogP contribution in [0, 0.1) is 5.92 Å². The van der Waals surface area contributed by atoms with Crippen LogP contribution in [0.3, 0.4) is 0 Å². The number of halogens is 1. The fraction of sp³-hybridized carbons (Fsp3) is 0.450. The largest absolute Gasteiger partial charge is 0.385 e. The molecule has 0 radical (unpaired) electrons. The molecule has 0 fully saturated rings. The summed E-state index contributed by atoms with van der Waals surface area (Å²) in [6.45, 7) is 6.52. The molecule has 0 saturated carbocycles. The second kappa shape index (κ2) is 9.64. The minimum absolute atomic E-state index is 0.0190. The maximum atomic E-state index is 12.5. The summed E-state index contributed by atoms with van der Waals surface area (Å²) < 4.78 is 7.28. The van der Waals surface area contributed by atoms with E-state index in [0.717, 1.165) is 22.7 Å². The molecule has 0 saturated heterocycles. The van der Waals surface area contributed by atoms with Crippen LogP contribution in [0.5, 0.6) is 0 Å². The van der Waals surface area contributed by atoms with E-state index in [1.54, 1.807) is 7.11 Å². The molecule has 2 aromatic rings. The van der Waals surface area contributed by atoms with Gasteiger partial charge in [0.1, 0.15) is 0 Å². The average molecular weight is 363 g/mol. The van der Waals surface area contributed by atoms with Crippen molar-refractivity contribution in [3.05, 3.63) is 58.9 Å². The molecule has 0 bridgehead atoms. The van der Waals surface area contributed by atoms with Crippen LogP contribution in [-0.4, -0.2) is 35.6 Å². The van der Waals surface area contributed by atoms with Crippen LogP contribution in [0.4, 0.5) is 0 Å². The van der Waals surface area contributed by atoms with Crippen LogP contribution < -0.4 is 0 Å². The zero-order valence-corrected chi connectivity index (χ0v) is 16.0. The number of benzene rings is 1. The van der Waals surface area contributed by atoms with Crippen molar-refractivity contribution in [3.8, 4) is 0 Å². The van der Waals surface area contributed by atoms with Crippen molar-refractivity contribution in [2.75, 3.05) is 20.3 Å². The maximum Gasteiger partial charge on any atom is 0.225 e. The van der Waals surface area contributed by atoms with Gasteiger partial charge in [0.2, 0.25) is 5.91 Å². The number of amides is 1. The summed E-state index contributed by atoms with van der Waals surface area (Å²) in [4.78, 5) is 14.5. The summed E-state index contributed by atoms with van der Waals surface area (Å²) in [6, 6.07) is 11.9. The van der Waals surface area contributed by atoms with E-state index in [1.165, 1.54) is 0 Å². The fourth-order valence-electron chi connectivity index (χ4n) is 2.79. The first kappa shape index (κ1) is 19.5. The third-order valence-corrected chi connectivity index (χ3v) is 4.53. The molecule has 1 aromatic carbocycles. The molecule has 1 heterocycles. The number of methoxy groups -OCH3 is 1. The van der Waals surface area contributed by atoms with Crippen molar-refractivity contribution in [2.24, 2.45) is 5.92 Å². The predicted octanol–water partition coefficient (Wildman–Crippen LogP) is 4.21. The van der Waals surface area contributed by atoms with Gasteiger partial charge in [0.15, 0.2) is 0 Å². The van der Waals surface area contributed by atoms with Crippen LogP contribution in [0.1, 0.15) is 31.5 Å². The van der Waals surface area contributed by atoms with Gasteiger partial charge in [0.05, 0.1) is 6.54 Å². The second-order valence-electron chi connectivity index (χ2n) is 6.48. The highest BCUT2D eigenvalue weighted by atomic mass is 35.5. The quantitative estimate of drug-likeness (QED) is 0.626. The lowest BCUT2D eigenvalue weighted by Gasteiger charge is -2.25. The van der Waals surface area contributed by atoms with Gasteiger partial charge in [0, 0.05) is 49.6 Å². The molecule has 25 heavy (non-hydrogen) atoms. The van der Waals surface area contributed by atoms with E-state index in [-0.39, 0.29) is 11.8 Å². The lowest BCUT2D eigenvalue weighted by molar-refractivity contribution is -0.135. The zero-order chi connectivity index (χ0) is 18.2. The van der Waals surface area contributed by atoms with E-state index >= 15 is 0 Å². The average Bonchev–Trinajstić information content (AvgIpc) is 3.02. The zero-order valence-electron chi connectivity index (χ0n) is 15.2. The minimum atomic E-state index is -0.0190. The van der Waals surface area contributed by atoms with Crippen LogP contribution >= 0.6 is 11.6 Å². The monoisotopic (exact) mass is 362 g/mol. The highest BCUT2D eigenvalue weighted by molar-refractivity contribution is 6.31. The van der Waals surface area contributed by atoms with Gasteiger partial charge in [0.25, 0.3) is 0 Å². The first-order chi connectivity index (χ1) is 12.0. The van der Waals surface area contributed by atoms with Gasteiger partial charge in [-0.05, 0) is 30.2 Å². The van der Waals surface area contributed by atoms with Crippen LogP contribution in [0.25, 0.3) is 0 Å². The Labute approximate surface area is 155 Å². The van der Waals surface area contributed by atoms with Crippen LogP contribution in [0.15, 0.2) is 42.6 Å². The summed E-state index contributed by atoms with van der Waals surface area (Å²) in [5.41, 5.74) is 2.18. The molecule has 0 spiro atoms. The van der Waals surface area contributed by atoms with Gasteiger partial charge in [-0.3, -0.25) is 4.79 Å². The normalized spacial score (nSPS) is 11.1. The highest BCUT2D eigenvalue weighted by Gasteiger charge is 2.18. The number of aromatic nitrogens is 1. The predicted molar refractivity (Wildman–Crippen MR) is 102 cm³/mol. The second-order valence-corrected chi connectivity index (χ2v) is 6.89. The van der Waals surface area contributed by atoms with E-state index < -0.39 is 0 Å². The molecule has 0 aliphatic rings. The molecular weight excluding hydrogens is 336 g/mol. The van der Waals surface area contributed by atoms with Gasteiger partial charge in [-0.25, -0.2) is 0 Å². The molecule has 0 aliphatic carbocycles. The van der Waals surface area contributed by atoms with Gasteiger partial charge in [-0.1, -0.05) is 43.6 Å². The Balaban J connectivity index is 2.12. The van der Waals surface area contributed by atoms with E-state index in [2.05, 4.69) is 10.6 Å². The third kappa shape index (κ3) is 5.62. The summed E-state index contributed by atoms with van der Waals surface area (Å²) in [5, 5.41) is 0.761. The Hall–Kier alpha value is -1.78. The highest BCUT2D eigenvalue weighted by Crippen LogP contribution is 2.18. The molecule has 4 nitrogen and oxygen atoms in total. The molecule has 1 amide bonds. The van der Waals surface area contributed by atoms with Gasteiger partial charge in [-0.2, -0.15) is 0 Å². The van der Waals surface area contributed by atoms with Gasteiger partial charge < -0.3 is 14.2 Å². The SMILES string of the molecule is COCCCN(Cc1cccn1Cc1ccccc1Cl)C(=O)C(C)C. The number of carbonyl (C=O) groups excluding carboxylic acids is 1. The number of nitrogens with zero attached hydrogens (tertiary/aromatic N) is 2. The minimum Gasteiger partial charge on any atom is -0.385 e. The first-order valence-electron chi connectivity index (χ1n) is 8.68. The van der Waals surface area contributed by atoms with Crippen molar-refractivity contribution in [1.82, 2.24) is 9.47 Å². The lowest BCUT2D eigenvalue weighted by atomic mass is 10.1. The van der Waals surface area contributed by atoms with E-state index in [9.17, 15) is 4.79 Å². The van der Waals surface area contributed by atoms with Crippen molar-refractivity contribution < 1.29 is 9.53 Å². The Morgan fingerprint density at radius 3 is 2.68 bits per heavy atom. The molecular formula is C20H27ClN2O2. The third-order valence-electron chi connectivity index (χ3n) is 4.16. The smallest absolute Gasteiger partial charge is 0.225 e. The lowest BCUT2D eigenvalue weighted by Crippen LogP contribution is -2.35. The Kier molecular flexibility index (Phi) is 7.53. The number of hydrogen-bond acceptors (Lipinski definition) is 2. The van der Waals surface area contributed by atoms with Crippen molar-refractivity contribution in [1.29, 1.82) is 0 Å². The van der Waals surface area contributed by atoms with E-state index in [1.807, 2.05) is 55.3 Å². The molecule has 2 rings (SSSR count). The van der Waals surface area contributed by atoms with E-state index in [0.29, 0.717) is 26.2 Å². The first-order valence-corrected chi connectivity index (χ1v) is 9.06.